The summed E-state index contributed by atoms with van der Waals surface area (Å²) in [6.07, 6.45) is 24.8. The van der Waals surface area contributed by atoms with Gasteiger partial charge in [0.2, 0.25) is 0 Å². The number of nitrogens with zero attached hydrogens (tertiary/aromatic N) is 1. The van der Waals surface area contributed by atoms with Crippen LogP contribution in [-0.2, 0) is 11.3 Å². The van der Waals surface area contributed by atoms with Crippen molar-refractivity contribution in [3.05, 3.63) is 35.9 Å². The molecular formula is C31H51NO. The Morgan fingerprint density at radius 3 is 1.82 bits per heavy atom. The van der Waals surface area contributed by atoms with E-state index >= 15 is 0 Å². The summed E-state index contributed by atoms with van der Waals surface area (Å²) in [6, 6.07) is 12.2. The van der Waals surface area contributed by atoms with Gasteiger partial charge in [-0.2, -0.15) is 0 Å². The Balaban J connectivity index is 1.23. The molecule has 2 unspecified atom stereocenters. The molecule has 186 valence electrons. The van der Waals surface area contributed by atoms with Gasteiger partial charge in [-0.25, -0.2) is 0 Å². The molecule has 2 fully saturated rings. The van der Waals surface area contributed by atoms with Gasteiger partial charge in [-0.1, -0.05) is 121 Å². The Morgan fingerprint density at radius 2 is 1.27 bits per heavy atom. The monoisotopic (exact) mass is 453 g/mol. The fraction of sp³-hybridized carbons (Fsp3) is 0.774. The minimum absolute atomic E-state index is 0.338. The van der Waals surface area contributed by atoms with E-state index in [0.29, 0.717) is 23.8 Å². The van der Waals surface area contributed by atoms with Crippen LogP contribution in [0.25, 0.3) is 0 Å². The van der Waals surface area contributed by atoms with Crippen LogP contribution in [0.2, 0.25) is 0 Å². The second-order valence-electron chi connectivity index (χ2n) is 11.0. The minimum atomic E-state index is 0.338. The summed E-state index contributed by atoms with van der Waals surface area (Å²) in [5.41, 5.74) is 1.42. The third-order valence-electron chi connectivity index (χ3n) is 8.32. The first-order valence-corrected chi connectivity index (χ1v) is 14.6. The molecule has 0 aromatic heterocycles. The summed E-state index contributed by atoms with van der Waals surface area (Å²) in [6.45, 7) is 3.35. The molecular weight excluding hydrogens is 402 g/mol. The maximum atomic E-state index is 13.0. The first-order valence-electron chi connectivity index (χ1n) is 14.6. The van der Waals surface area contributed by atoms with Gasteiger partial charge in [0.15, 0.2) is 0 Å². The molecule has 0 aliphatic carbocycles. The third-order valence-corrected chi connectivity index (χ3v) is 8.32. The zero-order valence-electron chi connectivity index (χ0n) is 21.6. The lowest BCUT2D eigenvalue weighted by molar-refractivity contribution is -0.127. The first-order chi connectivity index (χ1) is 16.3. The molecule has 33 heavy (non-hydrogen) atoms. The van der Waals surface area contributed by atoms with Crippen LogP contribution >= 0.6 is 0 Å². The number of ketones is 1. The number of hydrogen-bond donors (Lipinski definition) is 0. The van der Waals surface area contributed by atoms with E-state index < -0.39 is 0 Å². The number of fused-ring (bicyclic) bond motifs is 2. The van der Waals surface area contributed by atoms with Crippen LogP contribution in [0.3, 0.4) is 0 Å². The molecule has 2 bridgehead atoms. The number of carbonyl (C=O) groups excluding carboxylic acids is 1. The smallest absolute Gasteiger partial charge is 0.136 e. The Kier molecular flexibility index (Phi) is 12.6. The highest BCUT2D eigenvalue weighted by Gasteiger charge is 2.40. The number of piperidine rings is 2. The summed E-state index contributed by atoms with van der Waals surface area (Å²) < 4.78 is 0. The average molecular weight is 454 g/mol. The van der Waals surface area contributed by atoms with Crippen molar-refractivity contribution in [2.24, 2.45) is 5.92 Å². The van der Waals surface area contributed by atoms with Gasteiger partial charge in [0.25, 0.3) is 0 Å². The molecule has 0 N–H and O–H groups in total. The third kappa shape index (κ3) is 9.55. The summed E-state index contributed by atoms with van der Waals surface area (Å²) in [7, 11) is 0. The highest BCUT2D eigenvalue weighted by Crippen LogP contribution is 2.38. The molecule has 3 rings (SSSR count). The van der Waals surface area contributed by atoms with E-state index in [1.54, 1.807) is 0 Å². The molecule has 1 aromatic carbocycles. The zero-order chi connectivity index (χ0) is 23.1. The molecule has 2 nitrogen and oxygen atoms in total. The van der Waals surface area contributed by atoms with Crippen molar-refractivity contribution in [3.8, 4) is 0 Å². The highest BCUT2D eigenvalue weighted by molar-refractivity contribution is 5.81. The lowest BCUT2D eigenvalue weighted by Gasteiger charge is -2.48. The van der Waals surface area contributed by atoms with E-state index in [4.69, 9.17) is 0 Å². The lowest BCUT2D eigenvalue weighted by Crippen LogP contribution is -2.52. The van der Waals surface area contributed by atoms with Gasteiger partial charge >= 0.3 is 0 Å². The molecule has 2 heteroatoms. The molecule has 2 atom stereocenters. The SMILES string of the molecule is CCCCCCCCCCCCCCCC(=O)C1CC2CCCC(C1)N2Cc1ccccc1. The first kappa shape index (κ1) is 26.5. The van der Waals surface area contributed by atoms with E-state index in [-0.39, 0.29) is 0 Å². The summed E-state index contributed by atoms with van der Waals surface area (Å²) >= 11 is 0. The summed E-state index contributed by atoms with van der Waals surface area (Å²) in [5.74, 6) is 0.916. The highest BCUT2D eigenvalue weighted by atomic mass is 16.1. The standard InChI is InChI=1S/C31H51NO/c1-2-3-4-5-6-7-8-9-10-11-12-13-17-23-31(33)28-24-29-21-18-22-30(25-28)32(29)26-27-19-15-14-16-20-27/h14-16,19-20,28-30H,2-13,17-18,21-26H2,1H3. The van der Waals surface area contributed by atoms with Crippen LogP contribution in [0, 0.1) is 5.92 Å². The maximum Gasteiger partial charge on any atom is 0.136 e. The van der Waals surface area contributed by atoms with Crippen LogP contribution in [0.4, 0.5) is 0 Å². The van der Waals surface area contributed by atoms with E-state index in [1.165, 1.54) is 102 Å². The van der Waals surface area contributed by atoms with E-state index in [0.717, 1.165) is 32.2 Å². The van der Waals surface area contributed by atoms with Crippen LogP contribution < -0.4 is 0 Å². The van der Waals surface area contributed by atoms with Crippen LogP contribution in [0.1, 0.15) is 134 Å². The normalized spacial score (nSPS) is 23.0. The largest absolute Gasteiger partial charge is 0.299 e. The van der Waals surface area contributed by atoms with E-state index in [2.05, 4.69) is 42.2 Å². The van der Waals surface area contributed by atoms with Crippen molar-refractivity contribution in [1.29, 1.82) is 0 Å². The van der Waals surface area contributed by atoms with Crippen molar-refractivity contribution in [1.82, 2.24) is 4.90 Å². The fourth-order valence-electron chi connectivity index (χ4n) is 6.31. The second kappa shape index (κ2) is 15.7. The van der Waals surface area contributed by atoms with Gasteiger partial charge in [0, 0.05) is 31.0 Å². The molecule has 1 aromatic rings. The van der Waals surface area contributed by atoms with Gasteiger partial charge < -0.3 is 0 Å². The molecule has 2 aliphatic heterocycles. The summed E-state index contributed by atoms with van der Waals surface area (Å²) in [5, 5.41) is 0. The van der Waals surface area contributed by atoms with Crippen LogP contribution in [0.5, 0.6) is 0 Å². The molecule has 0 radical (unpaired) electrons. The van der Waals surface area contributed by atoms with Crippen molar-refractivity contribution in [3.63, 3.8) is 0 Å². The Hall–Kier alpha value is -1.15. The number of rotatable bonds is 17. The fourth-order valence-corrected chi connectivity index (χ4v) is 6.31. The van der Waals surface area contributed by atoms with Gasteiger partial charge in [-0.05, 0) is 37.7 Å². The van der Waals surface area contributed by atoms with E-state index in [9.17, 15) is 4.79 Å². The number of hydrogen-bond acceptors (Lipinski definition) is 2. The Labute approximate surface area is 204 Å². The second-order valence-corrected chi connectivity index (χ2v) is 11.0. The van der Waals surface area contributed by atoms with Crippen LogP contribution in [0.15, 0.2) is 30.3 Å². The lowest BCUT2D eigenvalue weighted by atomic mass is 9.76. The number of Topliss-reactive ketones (excluding diaryl/α,β-unsaturated/α-hetero) is 1. The number of carbonyl (C=O) groups is 1. The predicted octanol–water partition coefficient (Wildman–Crippen LogP) is 8.87. The van der Waals surface area contributed by atoms with Crippen molar-refractivity contribution in [2.75, 3.05) is 0 Å². The molecule has 0 spiro atoms. The molecule has 2 heterocycles. The summed E-state index contributed by atoms with van der Waals surface area (Å²) in [4.78, 5) is 15.7. The Morgan fingerprint density at radius 1 is 0.758 bits per heavy atom. The van der Waals surface area contributed by atoms with Gasteiger partial charge in [0.05, 0.1) is 0 Å². The van der Waals surface area contributed by atoms with E-state index in [1.807, 2.05) is 0 Å². The van der Waals surface area contributed by atoms with Gasteiger partial charge in [-0.15, -0.1) is 0 Å². The predicted molar refractivity (Wildman–Crippen MR) is 141 cm³/mol. The van der Waals surface area contributed by atoms with Crippen molar-refractivity contribution >= 4 is 5.78 Å². The molecule has 0 amide bonds. The quantitative estimate of drug-likeness (QED) is 0.219. The van der Waals surface area contributed by atoms with Gasteiger partial charge in [0.1, 0.15) is 5.78 Å². The molecule has 2 saturated heterocycles. The zero-order valence-corrected chi connectivity index (χ0v) is 21.6. The van der Waals surface area contributed by atoms with Gasteiger partial charge in [-0.3, -0.25) is 9.69 Å². The minimum Gasteiger partial charge on any atom is -0.299 e. The van der Waals surface area contributed by atoms with Crippen molar-refractivity contribution in [2.45, 2.75) is 148 Å². The molecule has 0 saturated carbocycles. The molecule has 2 aliphatic rings. The Bertz CT molecular complexity index is 628. The maximum absolute atomic E-state index is 13.0. The average Bonchev–Trinajstić information content (AvgIpc) is 2.82. The number of unbranched alkanes of at least 4 members (excludes halogenated alkanes) is 12. The topological polar surface area (TPSA) is 20.3 Å². The number of benzene rings is 1. The van der Waals surface area contributed by atoms with Crippen molar-refractivity contribution < 1.29 is 4.79 Å². The van der Waals surface area contributed by atoms with Crippen LogP contribution in [-0.4, -0.2) is 22.8 Å².